The number of methoxy groups -OCH3 is 3. The predicted molar refractivity (Wildman–Crippen MR) is 134 cm³/mol. The normalized spacial score (nSPS) is 12.2. The van der Waals surface area contributed by atoms with E-state index < -0.39 is 0 Å². The standard InChI is InChI=1S/C28H31N2O3/c1-6-16-29-18-10-8-12-21(31-3)24(18)27-25-19(11-9-13-22(25)32-4)30(17-7-2)28-23(33-5)15-14-20(29)26(27)28/h8-15H,6-7,16-17H2,1-5H3/q+1. The molecule has 0 amide bonds. The van der Waals surface area contributed by atoms with Crippen molar-refractivity contribution in [2.24, 2.45) is 0 Å². The molecule has 3 aromatic carbocycles. The highest BCUT2D eigenvalue weighted by atomic mass is 16.5. The van der Waals surface area contributed by atoms with Crippen LogP contribution in [0.15, 0.2) is 48.5 Å². The Bertz CT molecular complexity index is 1360. The maximum absolute atomic E-state index is 5.94. The van der Waals surface area contributed by atoms with Crippen LogP contribution >= 0.6 is 0 Å². The molecule has 4 aromatic rings. The van der Waals surface area contributed by atoms with Crippen molar-refractivity contribution in [3.8, 4) is 28.4 Å². The van der Waals surface area contributed by atoms with E-state index in [4.69, 9.17) is 14.2 Å². The van der Waals surface area contributed by atoms with Gasteiger partial charge in [-0.1, -0.05) is 26.0 Å². The monoisotopic (exact) mass is 443 g/mol. The lowest BCUT2D eigenvalue weighted by atomic mass is 9.88. The third kappa shape index (κ3) is 3.02. The zero-order chi connectivity index (χ0) is 23.1. The second-order valence-electron chi connectivity index (χ2n) is 8.40. The first kappa shape index (κ1) is 21.4. The summed E-state index contributed by atoms with van der Waals surface area (Å²) in [5.74, 6) is 2.61. The second-order valence-corrected chi connectivity index (χ2v) is 8.40. The van der Waals surface area contributed by atoms with E-state index in [-0.39, 0.29) is 0 Å². The van der Waals surface area contributed by atoms with Crippen LogP contribution in [0.5, 0.6) is 17.2 Å². The minimum absolute atomic E-state index is 0.865. The topological polar surface area (TPSA) is 34.8 Å². The predicted octanol–water partition coefficient (Wildman–Crippen LogP) is 6.24. The number of pyridine rings is 1. The lowest BCUT2D eigenvalue weighted by Crippen LogP contribution is -2.37. The Labute approximate surface area is 195 Å². The van der Waals surface area contributed by atoms with Gasteiger partial charge in [-0.25, -0.2) is 0 Å². The number of hydrogen-bond donors (Lipinski definition) is 0. The fourth-order valence-corrected chi connectivity index (χ4v) is 5.34. The number of hydrogen-bond acceptors (Lipinski definition) is 4. The molecule has 0 fully saturated rings. The molecule has 5 heteroatoms. The molecule has 0 bridgehead atoms. The molecule has 0 saturated heterocycles. The molecule has 0 atom stereocenters. The fraction of sp³-hybridized carbons (Fsp3) is 0.321. The summed E-state index contributed by atoms with van der Waals surface area (Å²) in [6.07, 6.45) is 2.04. The summed E-state index contributed by atoms with van der Waals surface area (Å²) in [6.45, 7) is 6.23. The van der Waals surface area contributed by atoms with Gasteiger partial charge in [0.15, 0.2) is 5.75 Å². The van der Waals surface area contributed by atoms with Gasteiger partial charge in [0.05, 0.1) is 43.5 Å². The second kappa shape index (κ2) is 8.47. The largest absolute Gasteiger partial charge is 0.496 e. The summed E-state index contributed by atoms with van der Waals surface area (Å²) in [6, 6.07) is 16.9. The Kier molecular flexibility index (Phi) is 5.49. The molecule has 1 aromatic heterocycles. The molecular weight excluding hydrogens is 412 g/mol. The molecule has 1 aliphatic rings. The third-order valence-corrected chi connectivity index (χ3v) is 6.57. The molecule has 2 heterocycles. The van der Waals surface area contributed by atoms with Gasteiger partial charge < -0.3 is 19.1 Å². The van der Waals surface area contributed by atoms with E-state index in [1.807, 2.05) is 12.1 Å². The van der Waals surface area contributed by atoms with Gasteiger partial charge in [0, 0.05) is 30.2 Å². The van der Waals surface area contributed by atoms with Gasteiger partial charge >= 0.3 is 0 Å². The van der Waals surface area contributed by atoms with Crippen LogP contribution in [0, 0.1) is 0 Å². The minimum Gasteiger partial charge on any atom is -0.496 e. The number of fused-ring (bicyclic) bond motifs is 4. The third-order valence-electron chi connectivity index (χ3n) is 6.57. The molecule has 0 aliphatic carbocycles. The van der Waals surface area contributed by atoms with Crippen molar-refractivity contribution in [1.82, 2.24) is 0 Å². The van der Waals surface area contributed by atoms with E-state index in [0.717, 1.165) is 76.4 Å². The minimum atomic E-state index is 0.865. The molecule has 0 radical (unpaired) electrons. The van der Waals surface area contributed by atoms with Gasteiger partial charge in [-0.05, 0) is 36.8 Å². The Morgan fingerprint density at radius 2 is 1.42 bits per heavy atom. The average Bonchev–Trinajstić information content (AvgIpc) is 2.86. The first-order chi connectivity index (χ1) is 16.2. The fourth-order valence-electron chi connectivity index (χ4n) is 5.34. The van der Waals surface area contributed by atoms with E-state index in [9.17, 15) is 0 Å². The first-order valence-electron chi connectivity index (χ1n) is 11.7. The van der Waals surface area contributed by atoms with E-state index in [1.54, 1.807) is 21.3 Å². The smallest absolute Gasteiger partial charge is 0.258 e. The van der Waals surface area contributed by atoms with Gasteiger partial charge in [0.2, 0.25) is 5.52 Å². The number of benzene rings is 3. The van der Waals surface area contributed by atoms with Crippen LogP contribution in [0.3, 0.4) is 0 Å². The number of rotatable bonds is 7. The van der Waals surface area contributed by atoms with Crippen molar-refractivity contribution in [3.63, 3.8) is 0 Å². The van der Waals surface area contributed by atoms with Gasteiger partial charge in [0.1, 0.15) is 18.0 Å². The van der Waals surface area contributed by atoms with Crippen LogP contribution in [0.25, 0.3) is 32.9 Å². The molecule has 0 saturated carbocycles. The van der Waals surface area contributed by atoms with Crippen molar-refractivity contribution in [2.45, 2.75) is 33.2 Å². The summed E-state index contributed by atoms with van der Waals surface area (Å²) in [7, 11) is 5.25. The molecule has 170 valence electrons. The van der Waals surface area contributed by atoms with Gasteiger partial charge in [-0.3, -0.25) is 0 Å². The Hall–Kier alpha value is -3.47. The molecule has 5 nitrogen and oxygen atoms in total. The van der Waals surface area contributed by atoms with E-state index in [1.165, 1.54) is 11.1 Å². The maximum Gasteiger partial charge on any atom is 0.258 e. The SMILES string of the molecule is CCCN1c2cccc(OC)c2-c2c3c(OC)cccc3[n+](CCC)c3c(OC)ccc1c23. The molecule has 0 spiro atoms. The van der Waals surface area contributed by atoms with Crippen LogP contribution < -0.4 is 23.7 Å². The van der Waals surface area contributed by atoms with Crippen molar-refractivity contribution in [2.75, 3.05) is 32.8 Å². The van der Waals surface area contributed by atoms with E-state index in [0.29, 0.717) is 0 Å². The number of aryl methyl sites for hydroxylation is 1. The Morgan fingerprint density at radius 1 is 0.697 bits per heavy atom. The molecular formula is C28H31N2O3+. The zero-order valence-electron chi connectivity index (χ0n) is 20.1. The molecule has 0 N–H and O–H groups in total. The van der Waals surface area contributed by atoms with Crippen molar-refractivity contribution in [3.05, 3.63) is 48.5 Å². The van der Waals surface area contributed by atoms with E-state index in [2.05, 4.69) is 59.7 Å². The highest BCUT2D eigenvalue weighted by Crippen LogP contribution is 2.55. The lowest BCUT2D eigenvalue weighted by Gasteiger charge is -2.34. The highest BCUT2D eigenvalue weighted by Gasteiger charge is 2.36. The summed E-state index contributed by atoms with van der Waals surface area (Å²) < 4.78 is 20.2. The Morgan fingerprint density at radius 3 is 2.12 bits per heavy atom. The number of aromatic nitrogens is 1. The van der Waals surface area contributed by atoms with E-state index >= 15 is 0 Å². The molecule has 0 unspecified atom stereocenters. The zero-order valence-corrected chi connectivity index (χ0v) is 20.1. The Balaban J connectivity index is 2.12. The first-order valence-corrected chi connectivity index (χ1v) is 11.7. The van der Waals surface area contributed by atoms with Crippen LogP contribution in [-0.2, 0) is 6.54 Å². The summed E-state index contributed by atoms with van der Waals surface area (Å²) in [5, 5.41) is 2.29. The van der Waals surface area contributed by atoms with Crippen LogP contribution in [0.4, 0.5) is 11.4 Å². The highest BCUT2D eigenvalue weighted by molar-refractivity contribution is 6.20. The maximum atomic E-state index is 5.94. The van der Waals surface area contributed by atoms with Crippen molar-refractivity contribution in [1.29, 1.82) is 0 Å². The van der Waals surface area contributed by atoms with Crippen molar-refractivity contribution < 1.29 is 18.8 Å². The molecule has 5 rings (SSSR count). The molecule has 1 aliphatic heterocycles. The van der Waals surface area contributed by atoms with Crippen LogP contribution in [-0.4, -0.2) is 27.9 Å². The van der Waals surface area contributed by atoms with Crippen LogP contribution in [0.2, 0.25) is 0 Å². The lowest BCUT2D eigenvalue weighted by molar-refractivity contribution is -0.645. The summed E-state index contributed by atoms with van der Waals surface area (Å²) in [5.41, 5.74) is 6.87. The van der Waals surface area contributed by atoms with Gasteiger partial charge in [-0.2, -0.15) is 4.57 Å². The summed E-state index contributed by atoms with van der Waals surface area (Å²) in [4.78, 5) is 2.42. The summed E-state index contributed by atoms with van der Waals surface area (Å²) >= 11 is 0. The van der Waals surface area contributed by atoms with Crippen molar-refractivity contribution >= 4 is 33.2 Å². The van der Waals surface area contributed by atoms with Gasteiger partial charge in [0.25, 0.3) is 5.52 Å². The van der Waals surface area contributed by atoms with Crippen LogP contribution in [0.1, 0.15) is 26.7 Å². The molecule has 33 heavy (non-hydrogen) atoms. The quantitative estimate of drug-likeness (QED) is 0.250. The average molecular weight is 444 g/mol. The van der Waals surface area contributed by atoms with Gasteiger partial charge in [-0.15, -0.1) is 0 Å². The number of ether oxygens (including phenoxy) is 3. The number of nitrogens with zero attached hydrogens (tertiary/aromatic N) is 2. The number of anilines is 2.